The van der Waals surface area contributed by atoms with E-state index in [2.05, 4.69) is 11.8 Å². The van der Waals surface area contributed by atoms with Gasteiger partial charge in [-0.05, 0) is 0 Å². The molecule has 0 spiro atoms. The van der Waals surface area contributed by atoms with Gasteiger partial charge in [-0.15, -0.1) is 0 Å². The molecule has 0 radical (unpaired) electrons. The topological polar surface area (TPSA) is 54.4 Å². The van der Waals surface area contributed by atoms with Crippen LogP contribution >= 0.6 is 14.5 Å². The van der Waals surface area contributed by atoms with Crippen LogP contribution < -0.4 is 0 Å². The Balaban J connectivity index is 3.84. The molecule has 0 aromatic carbocycles. The highest BCUT2D eigenvalue weighted by Crippen LogP contribution is 2.32. The molecule has 7 heavy (non-hydrogen) atoms. The highest BCUT2D eigenvalue weighted by Gasteiger charge is 1.97. The predicted molar refractivity (Wildman–Crippen MR) is 34.1 cm³/mol. The molecule has 0 aliphatic rings. The van der Waals surface area contributed by atoms with E-state index in [1.165, 1.54) is 0 Å². The Bertz CT molecular complexity index is 144. The van der Waals surface area contributed by atoms with Crippen molar-refractivity contribution in [2.45, 2.75) is 0 Å². The minimum absolute atomic E-state index is 0.282. The quantitative estimate of drug-likeness (QED) is 0.499. The molecule has 0 aliphatic carbocycles. The van der Waals surface area contributed by atoms with Crippen LogP contribution in [0, 0.1) is 0 Å². The van der Waals surface area contributed by atoms with E-state index in [0.717, 1.165) is 0 Å². The van der Waals surface area contributed by atoms with Crippen LogP contribution in [0.4, 0.5) is 0 Å². The molecule has 1 N–H and O–H groups in total. The summed E-state index contributed by atoms with van der Waals surface area (Å²) in [6, 6.07) is 0. The molecular formula is H2O3P2S2. The Morgan fingerprint density at radius 2 is 2.14 bits per heavy atom. The summed E-state index contributed by atoms with van der Waals surface area (Å²) in [6.07, 6.45) is 0. The van der Waals surface area contributed by atoms with Crippen LogP contribution in [-0.2, 0) is 21.5 Å². The second kappa shape index (κ2) is 3.00. The smallest absolute Gasteiger partial charge is 0.282 e. The Morgan fingerprint density at radius 3 is 2.14 bits per heavy atom. The van der Waals surface area contributed by atoms with Crippen LogP contribution in [0.1, 0.15) is 0 Å². The molecule has 0 saturated heterocycles. The van der Waals surface area contributed by atoms with E-state index < -0.39 is 17.2 Å². The van der Waals surface area contributed by atoms with Crippen LogP contribution in [0.15, 0.2) is 0 Å². The van der Waals surface area contributed by atoms with E-state index in [1.54, 1.807) is 0 Å². The van der Waals surface area contributed by atoms with Gasteiger partial charge in [0, 0.05) is 7.04 Å². The van der Waals surface area contributed by atoms with E-state index >= 15 is 0 Å². The van der Waals surface area contributed by atoms with Gasteiger partial charge < -0.3 is 0 Å². The van der Waals surface area contributed by atoms with Gasteiger partial charge in [-0.1, -0.05) is 11.8 Å². The Hall–Kier alpha value is 0.860. The first-order chi connectivity index (χ1) is 3.06. The molecule has 0 aromatic heterocycles. The molecule has 3 nitrogen and oxygen atoms in total. The summed E-state index contributed by atoms with van der Waals surface area (Å²) < 4.78 is 27.4. The van der Waals surface area contributed by atoms with Crippen molar-refractivity contribution in [1.29, 1.82) is 0 Å². The molecule has 0 aromatic rings. The summed E-state index contributed by atoms with van der Waals surface area (Å²) in [7, 11) is -4.04. The summed E-state index contributed by atoms with van der Waals surface area (Å²) >= 11 is 4.25. The van der Waals surface area contributed by atoms with Gasteiger partial charge in [0.15, 0.2) is 0 Å². The summed E-state index contributed by atoms with van der Waals surface area (Å²) in [6.45, 7) is 0. The summed E-state index contributed by atoms with van der Waals surface area (Å²) in [5, 5.41) is 0. The van der Waals surface area contributed by atoms with Crippen molar-refractivity contribution < 1.29 is 13.0 Å². The van der Waals surface area contributed by atoms with Crippen LogP contribution in [0.2, 0.25) is 0 Å². The zero-order chi connectivity index (χ0) is 5.91. The predicted octanol–water partition coefficient (Wildman–Crippen LogP) is 0.791. The van der Waals surface area contributed by atoms with Crippen molar-refractivity contribution in [2.75, 3.05) is 0 Å². The molecule has 7 heteroatoms. The Morgan fingerprint density at radius 1 is 1.71 bits per heavy atom. The fourth-order valence-electron chi connectivity index (χ4n) is 0.0471. The molecule has 0 rings (SSSR count). The summed E-state index contributed by atoms with van der Waals surface area (Å²) in [5.74, 6) is 0. The first-order valence-corrected chi connectivity index (χ1v) is 7.04. The van der Waals surface area contributed by atoms with Gasteiger partial charge in [0.1, 0.15) is 0 Å². The van der Waals surface area contributed by atoms with Crippen LogP contribution in [0.25, 0.3) is 0 Å². The lowest BCUT2D eigenvalue weighted by Gasteiger charge is -1.80. The Kier molecular flexibility index (Phi) is 3.37. The monoisotopic (exact) mass is 176 g/mol. The van der Waals surface area contributed by atoms with Crippen molar-refractivity contribution in [1.82, 2.24) is 0 Å². The summed E-state index contributed by atoms with van der Waals surface area (Å²) in [5.41, 5.74) is 0. The fourth-order valence-corrected chi connectivity index (χ4v) is 3.81. The normalized spacial score (nSPS) is 13.9. The Labute approximate surface area is 49.5 Å². The molecule has 42 valence electrons. The zero-order valence-electron chi connectivity index (χ0n) is 3.03. The van der Waals surface area contributed by atoms with Gasteiger partial charge >= 0.3 is 0 Å². The average Bonchev–Trinajstić information content (AvgIpc) is 1.30. The highest BCUT2D eigenvalue weighted by atomic mass is 33.0. The van der Waals surface area contributed by atoms with Gasteiger partial charge in [0.2, 0.25) is 0 Å². The molecule has 1 unspecified atom stereocenters. The third kappa shape index (κ3) is 6.86. The van der Waals surface area contributed by atoms with Crippen molar-refractivity contribution in [3.05, 3.63) is 0 Å². The molecule has 0 amide bonds. The minimum Gasteiger partial charge on any atom is -0.282 e. The van der Waals surface area contributed by atoms with Gasteiger partial charge in [-0.2, -0.15) is 8.42 Å². The van der Waals surface area contributed by atoms with Crippen molar-refractivity contribution in [2.24, 2.45) is 0 Å². The van der Waals surface area contributed by atoms with Gasteiger partial charge in [0.25, 0.3) is 9.74 Å². The van der Waals surface area contributed by atoms with Gasteiger partial charge in [-0.25, -0.2) is 0 Å². The lowest BCUT2D eigenvalue weighted by Crippen LogP contribution is -1.80. The lowest BCUT2D eigenvalue weighted by molar-refractivity contribution is 0.502. The lowest BCUT2D eigenvalue weighted by atomic mass is 15.9. The SMILES string of the molecule is O=S(=O)(O)PP=S. The van der Waals surface area contributed by atoms with Crippen molar-refractivity contribution in [3.8, 4) is 0 Å². The number of hydrogen-bond donors (Lipinski definition) is 1. The standard InChI is InChI=1S/H2O3P2S2/c1-7(2,3)5-4-6/h5H,(H,1,2,3). The van der Waals surface area contributed by atoms with E-state index in [-0.39, 0.29) is 7.04 Å². The third-order valence-corrected chi connectivity index (χ3v) is 6.13. The zero-order valence-corrected chi connectivity index (χ0v) is 6.55. The first-order valence-electron chi connectivity index (χ1n) is 1.13. The molecule has 0 bridgehead atoms. The minimum atomic E-state index is -3.76. The van der Waals surface area contributed by atoms with E-state index in [9.17, 15) is 8.42 Å². The number of hydrogen-bond acceptors (Lipinski definition) is 3. The maximum Gasteiger partial charge on any atom is 0.287 e. The largest absolute Gasteiger partial charge is 0.287 e. The van der Waals surface area contributed by atoms with Crippen LogP contribution in [0.5, 0.6) is 0 Å². The molecule has 1 atom stereocenters. The van der Waals surface area contributed by atoms with E-state index in [4.69, 9.17) is 4.55 Å². The summed E-state index contributed by atoms with van der Waals surface area (Å²) in [4.78, 5) is 0. The first kappa shape index (κ1) is 7.86. The van der Waals surface area contributed by atoms with Crippen molar-refractivity contribution in [3.63, 3.8) is 0 Å². The maximum absolute atomic E-state index is 9.73. The molecule has 0 heterocycles. The van der Waals surface area contributed by atoms with E-state index in [0.29, 0.717) is 0 Å². The number of rotatable bonds is 2. The van der Waals surface area contributed by atoms with Crippen LogP contribution in [-0.4, -0.2) is 13.0 Å². The second-order valence-electron chi connectivity index (χ2n) is 0.658. The molecule has 0 saturated carbocycles. The maximum atomic E-state index is 9.73. The van der Waals surface area contributed by atoms with E-state index in [1.807, 2.05) is 0 Å². The highest BCUT2D eigenvalue weighted by molar-refractivity contribution is 8.65. The van der Waals surface area contributed by atoms with Gasteiger partial charge in [-0.3, -0.25) is 4.55 Å². The fraction of sp³-hybridized carbons (Fsp3) is 0. The van der Waals surface area contributed by atoms with Crippen LogP contribution in [0.3, 0.4) is 0 Å². The third-order valence-electron chi connectivity index (χ3n) is 0.153. The molecule has 0 fully saturated rings. The average molecular weight is 176 g/mol. The molecular weight excluding hydrogens is 174 g/mol. The van der Waals surface area contributed by atoms with Gasteiger partial charge in [0.05, 0.1) is 7.47 Å². The second-order valence-corrected chi connectivity index (χ2v) is 7.90. The van der Waals surface area contributed by atoms with Crippen molar-refractivity contribution >= 4 is 36.1 Å². The molecule has 0 aliphatic heterocycles.